The molecule has 0 unspecified atom stereocenters. The van der Waals surface area contributed by atoms with Crippen molar-refractivity contribution < 1.29 is 9.72 Å². The Morgan fingerprint density at radius 2 is 2.21 bits per heavy atom. The van der Waals surface area contributed by atoms with Crippen LogP contribution in [0.25, 0.3) is 0 Å². The minimum absolute atomic E-state index is 0.000242. The summed E-state index contributed by atoms with van der Waals surface area (Å²) >= 11 is 0. The van der Waals surface area contributed by atoms with Gasteiger partial charge in [0.1, 0.15) is 5.69 Å². The van der Waals surface area contributed by atoms with E-state index in [1.807, 2.05) is 13.2 Å². The Labute approximate surface area is 139 Å². The number of nitrogens with zero attached hydrogens (tertiary/aromatic N) is 3. The van der Waals surface area contributed by atoms with Gasteiger partial charge >= 0.3 is 0 Å². The smallest absolute Gasteiger partial charge is 0.292 e. The number of aryl methyl sites for hydroxylation is 1. The van der Waals surface area contributed by atoms with E-state index in [4.69, 9.17) is 0 Å². The highest BCUT2D eigenvalue weighted by Crippen LogP contribution is 2.47. The first-order valence-corrected chi connectivity index (χ1v) is 7.80. The van der Waals surface area contributed by atoms with E-state index in [0.29, 0.717) is 18.8 Å². The number of para-hydroxylation sites is 2. The normalized spacial score (nSPS) is 18.9. The van der Waals surface area contributed by atoms with Crippen LogP contribution < -0.4 is 10.6 Å². The van der Waals surface area contributed by atoms with Crippen LogP contribution in [0.4, 0.5) is 11.4 Å². The van der Waals surface area contributed by atoms with Gasteiger partial charge in [0.15, 0.2) is 0 Å². The van der Waals surface area contributed by atoms with Gasteiger partial charge in [-0.25, -0.2) is 0 Å². The summed E-state index contributed by atoms with van der Waals surface area (Å²) in [5, 5.41) is 20.9. The van der Waals surface area contributed by atoms with Gasteiger partial charge in [-0.05, 0) is 24.0 Å². The topological polar surface area (TPSA) is 102 Å². The van der Waals surface area contributed by atoms with Crippen molar-refractivity contribution in [3.8, 4) is 0 Å². The number of hydrogen-bond donors (Lipinski definition) is 2. The summed E-state index contributed by atoms with van der Waals surface area (Å²) in [7, 11) is 1.86. The summed E-state index contributed by atoms with van der Waals surface area (Å²) in [5.74, 6) is 0.273. The van der Waals surface area contributed by atoms with Gasteiger partial charge in [0.2, 0.25) is 5.91 Å². The van der Waals surface area contributed by atoms with Crippen molar-refractivity contribution in [2.24, 2.45) is 13.0 Å². The van der Waals surface area contributed by atoms with Gasteiger partial charge in [0, 0.05) is 38.3 Å². The molecule has 0 bridgehead atoms. The second-order valence-electron chi connectivity index (χ2n) is 5.89. The molecule has 1 aliphatic carbocycles. The van der Waals surface area contributed by atoms with E-state index in [9.17, 15) is 14.9 Å². The third kappa shape index (κ3) is 3.53. The van der Waals surface area contributed by atoms with Crippen molar-refractivity contribution in [1.29, 1.82) is 0 Å². The van der Waals surface area contributed by atoms with Gasteiger partial charge in [-0.1, -0.05) is 12.1 Å². The van der Waals surface area contributed by atoms with Crippen LogP contribution in [0.1, 0.15) is 17.9 Å². The van der Waals surface area contributed by atoms with E-state index in [-0.39, 0.29) is 23.4 Å². The van der Waals surface area contributed by atoms with E-state index >= 15 is 0 Å². The number of nitrogens with one attached hydrogen (secondary N) is 2. The molecule has 1 aromatic carbocycles. The van der Waals surface area contributed by atoms with Crippen molar-refractivity contribution in [2.45, 2.75) is 12.3 Å². The second-order valence-corrected chi connectivity index (χ2v) is 5.89. The summed E-state index contributed by atoms with van der Waals surface area (Å²) in [6, 6.07) is 6.45. The van der Waals surface area contributed by atoms with Gasteiger partial charge < -0.3 is 10.6 Å². The van der Waals surface area contributed by atoms with E-state index in [2.05, 4.69) is 15.7 Å². The molecule has 1 aliphatic rings. The van der Waals surface area contributed by atoms with Crippen molar-refractivity contribution in [2.75, 3.05) is 18.4 Å². The number of hydrogen-bond acceptors (Lipinski definition) is 5. The minimum atomic E-state index is -0.427. The lowest BCUT2D eigenvalue weighted by Crippen LogP contribution is -2.30. The first-order chi connectivity index (χ1) is 11.6. The molecule has 1 heterocycles. The highest BCUT2D eigenvalue weighted by molar-refractivity contribution is 5.82. The van der Waals surface area contributed by atoms with Crippen LogP contribution in [-0.4, -0.2) is 33.7 Å². The summed E-state index contributed by atoms with van der Waals surface area (Å²) in [5.41, 5.74) is 1.58. The second kappa shape index (κ2) is 6.69. The molecule has 1 fully saturated rings. The highest BCUT2D eigenvalue weighted by atomic mass is 16.6. The van der Waals surface area contributed by atoms with E-state index in [0.717, 1.165) is 12.0 Å². The molecule has 8 heteroatoms. The zero-order chi connectivity index (χ0) is 17.1. The van der Waals surface area contributed by atoms with Gasteiger partial charge in [0.25, 0.3) is 5.69 Å². The summed E-state index contributed by atoms with van der Waals surface area (Å²) in [6.07, 6.45) is 4.58. The quantitative estimate of drug-likeness (QED) is 0.457. The molecular weight excluding hydrogens is 310 g/mol. The summed E-state index contributed by atoms with van der Waals surface area (Å²) in [4.78, 5) is 22.6. The van der Waals surface area contributed by atoms with Crippen LogP contribution >= 0.6 is 0 Å². The lowest BCUT2D eigenvalue weighted by atomic mass is 10.2. The summed E-state index contributed by atoms with van der Waals surface area (Å²) in [6.45, 7) is 0.849. The molecule has 2 N–H and O–H groups in total. The maximum Gasteiger partial charge on any atom is 0.292 e. The number of nitro benzene ring substituents is 1. The van der Waals surface area contributed by atoms with E-state index < -0.39 is 4.92 Å². The predicted octanol–water partition coefficient (Wildman–Crippen LogP) is 1.66. The third-order valence-electron chi connectivity index (χ3n) is 4.12. The monoisotopic (exact) mass is 329 g/mol. The molecule has 8 nitrogen and oxygen atoms in total. The average Bonchev–Trinajstić information content (AvgIpc) is 3.26. The molecule has 1 aromatic heterocycles. The molecular formula is C16H19N5O3. The lowest BCUT2D eigenvalue weighted by molar-refractivity contribution is -0.384. The van der Waals surface area contributed by atoms with Crippen LogP contribution in [0.5, 0.6) is 0 Å². The number of rotatable bonds is 7. The number of nitro groups is 1. The maximum absolute atomic E-state index is 12.1. The molecule has 2 aromatic rings. The van der Waals surface area contributed by atoms with Gasteiger partial charge in [-0.2, -0.15) is 5.10 Å². The van der Waals surface area contributed by atoms with Crippen LogP contribution in [0, 0.1) is 16.0 Å². The van der Waals surface area contributed by atoms with Gasteiger partial charge in [-0.15, -0.1) is 0 Å². The Morgan fingerprint density at radius 1 is 1.42 bits per heavy atom. The van der Waals surface area contributed by atoms with Crippen molar-refractivity contribution >= 4 is 17.3 Å². The average molecular weight is 329 g/mol. The molecule has 0 spiro atoms. The Balaban J connectivity index is 1.43. The fourth-order valence-corrected chi connectivity index (χ4v) is 2.78. The molecule has 0 aliphatic heterocycles. The van der Waals surface area contributed by atoms with Gasteiger partial charge in [0.05, 0.1) is 11.1 Å². The third-order valence-corrected chi connectivity index (χ3v) is 4.12. The fourth-order valence-electron chi connectivity index (χ4n) is 2.78. The number of anilines is 1. The molecule has 126 valence electrons. The Kier molecular flexibility index (Phi) is 4.45. The summed E-state index contributed by atoms with van der Waals surface area (Å²) < 4.78 is 1.74. The first-order valence-electron chi connectivity index (χ1n) is 7.80. The molecule has 0 radical (unpaired) electrons. The van der Waals surface area contributed by atoms with Crippen LogP contribution in [0.3, 0.4) is 0 Å². The minimum Gasteiger partial charge on any atom is -0.378 e. The SMILES string of the molecule is Cn1cc([C@H]2C[C@@H]2C(=O)NCCNc2ccccc2[N+](=O)[O-])cn1. The number of carbonyl (C=O) groups excluding carboxylic acids is 1. The maximum atomic E-state index is 12.1. The van der Waals surface area contributed by atoms with Crippen molar-refractivity contribution in [1.82, 2.24) is 15.1 Å². The van der Waals surface area contributed by atoms with E-state index in [1.54, 1.807) is 29.1 Å². The molecule has 2 atom stereocenters. The van der Waals surface area contributed by atoms with Crippen LogP contribution in [0.2, 0.25) is 0 Å². The van der Waals surface area contributed by atoms with Crippen LogP contribution in [-0.2, 0) is 11.8 Å². The zero-order valence-electron chi connectivity index (χ0n) is 13.3. The number of amides is 1. The largest absolute Gasteiger partial charge is 0.378 e. The van der Waals surface area contributed by atoms with Crippen LogP contribution in [0.15, 0.2) is 36.7 Å². The first kappa shape index (κ1) is 16.0. The number of benzene rings is 1. The highest BCUT2D eigenvalue weighted by Gasteiger charge is 2.44. The molecule has 1 amide bonds. The predicted molar refractivity (Wildman–Crippen MR) is 88.7 cm³/mol. The Hall–Kier alpha value is -2.90. The molecule has 0 saturated heterocycles. The van der Waals surface area contributed by atoms with Crippen molar-refractivity contribution in [3.05, 3.63) is 52.3 Å². The Bertz CT molecular complexity index is 758. The Morgan fingerprint density at radius 3 is 2.92 bits per heavy atom. The molecule has 3 rings (SSSR count). The van der Waals surface area contributed by atoms with Crippen molar-refractivity contribution in [3.63, 3.8) is 0 Å². The lowest BCUT2D eigenvalue weighted by Gasteiger charge is -2.08. The van der Waals surface area contributed by atoms with Gasteiger partial charge in [-0.3, -0.25) is 19.6 Å². The standard InChI is InChI=1S/C16H19N5O3/c1-20-10-11(9-19-20)12-8-13(12)16(22)18-7-6-17-14-4-2-3-5-15(14)21(23)24/h2-5,9-10,12-13,17H,6-8H2,1H3,(H,18,22)/t12-,13+/m1/s1. The molecule has 1 saturated carbocycles. The van der Waals surface area contributed by atoms with E-state index in [1.165, 1.54) is 6.07 Å². The fraction of sp³-hybridized carbons (Fsp3) is 0.375. The number of aromatic nitrogens is 2. The number of carbonyl (C=O) groups is 1. The zero-order valence-corrected chi connectivity index (χ0v) is 13.3. The molecule has 24 heavy (non-hydrogen) atoms.